The van der Waals surface area contributed by atoms with Crippen molar-refractivity contribution in [3.8, 4) is 0 Å². The van der Waals surface area contributed by atoms with E-state index in [9.17, 15) is 22.8 Å². The van der Waals surface area contributed by atoms with E-state index in [1.807, 2.05) is 0 Å². The summed E-state index contributed by atoms with van der Waals surface area (Å²) in [7, 11) is 0. The third-order valence-electron chi connectivity index (χ3n) is 2.87. The van der Waals surface area contributed by atoms with Gasteiger partial charge in [0.25, 0.3) is 5.91 Å². The number of amides is 2. The van der Waals surface area contributed by atoms with E-state index in [2.05, 4.69) is 10.5 Å². The topological polar surface area (TPSA) is 70.6 Å². The van der Waals surface area contributed by atoms with E-state index in [1.165, 1.54) is 29.5 Å². The quantitative estimate of drug-likeness (QED) is 0.652. The van der Waals surface area contributed by atoms with E-state index in [0.717, 1.165) is 0 Å². The van der Waals surface area contributed by atoms with Crippen LogP contribution in [0.1, 0.15) is 22.2 Å². The van der Waals surface area contributed by atoms with Crippen LogP contribution in [0, 0.1) is 0 Å². The summed E-state index contributed by atoms with van der Waals surface area (Å²) in [5.41, 5.74) is 3.18. The van der Waals surface area contributed by atoms with Gasteiger partial charge in [0.05, 0.1) is 10.6 Å². The van der Waals surface area contributed by atoms with Crippen LogP contribution < -0.4 is 10.7 Å². The minimum atomic E-state index is -4.96. The van der Waals surface area contributed by atoms with Gasteiger partial charge in [-0.1, -0.05) is 18.2 Å². The van der Waals surface area contributed by atoms with Crippen molar-refractivity contribution in [1.29, 1.82) is 0 Å². The molecule has 5 nitrogen and oxygen atoms in total. The summed E-state index contributed by atoms with van der Waals surface area (Å²) < 4.78 is 36.8. The molecule has 126 valence electrons. The number of hydrogen-bond donors (Lipinski definition) is 2. The Bertz CT molecular complexity index is 771. The second-order valence-corrected chi connectivity index (χ2v) is 5.60. The maximum atomic E-state index is 12.3. The lowest BCUT2D eigenvalue weighted by Gasteiger charge is -2.09. The van der Waals surface area contributed by atoms with Crippen LogP contribution in [-0.4, -0.2) is 23.7 Å². The van der Waals surface area contributed by atoms with E-state index in [0.29, 0.717) is 16.2 Å². The monoisotopic (exact) mass is 355 g/mol. The zero-order valence-corrected chi connectivity index (χ0v) is 13.2. The number of carbonyl (C=O) groups excluding carboxylic acids is 2. The second kappa shape index (κ2) is 7.26. The Morgan fingerprint density at radius 3 is 2.54 bits per heavy atom. The van der Waals surface area contributed by atoms with Gasteiger partial charge in [0.15, 0.2) is 0 Å². The molecule has 2 rings (SSSR count). The number of carbonyl (C=O) groups is 2. The largest absolute Gasteiger partial charge is 0.471 e. The van der Waals surface area contributed by atoms with Crippen molar-refractivity contribution in [1.82, 2.24) is 5.43 Å². The van der Waals surface area contributed by atoms with Crippen LogP contribution in [0.25, 0.3) is 0 Å². The molecule has 0 aliphatic heterocycles. The van der Waals surface area contributed by atoms with Crippen LogP contribution in [0.3, 0.4) is 0 Å². The molecule has 1 aromatic heterocycles. The maximum Gasteiger partial charge on any atom is 0.471 e. The first kappa shape index (κ1) is 17.7. The van der Waals surface area contributed by atoms with Gasteiger partial charge < -0.3 is 5.32 Å². The second-order valence-electron chi connectivity index (χ2n) is 4.65. The molecule has 2 aromatic rings. The molecule has 1 aromatic carbocycles. The molecule has 0 saturated heterocycles. The summed E-state index contributed by atoms with van der Waals surface area (Å²) in [5, 5.41) is 7.42. The van der Waals surface area contributed by atoms with Gasteiger partial charge >= 0.3 is 12.1 Å². The molecule has 0 fully saturated rings. The predicted molar refractivity (Wildman–Crippen MR) is 85.1 cm³/mol. The fraction of sp³-hybridized carbons (Fsp3) is 0.133. The highest BCUT2D eigenvalue weighted by molar-refractivity contribution is 7.12. The molecule has 0 saturated carbocycles. The Balaban J connectivity index is 2.08. The van der Waals surface area contributed by atoms with Gasteiger partial charge in [-0.05, 0) is 36.1 Å². The average Bonchev–Trinajstić information content (AvgIpc) is 3.06. The molecule has 9 heteroatoms. The third-order valence-corrected chi connectivity index (χ3v) is 3.73. The molecule has 2 amide bonds. The van der Waals surface area contributed by atoms with Crippen molar-refractivity contribution < 1.29 is 22.8 Å². The Hall–Kier alpha value is -2.68. The molecule has 0 spiro atoms. The number of nitrogens with zero attached hydrogens (tertiary/aromatic N) is 1. The third kappa shape index (κ3) is 4.66. The van der Waals surface area contributed by atoms with Crippen molar-refractivity contribution in [2.24, 2.45) is 5.10 Å². The number of rotatable bonds is 4. The average molecular weight is 355 g/mol. The molecule has 24 heavy (non-hydrogen) atoms. The maximum absolute atomic E-state index is 12.3. The lowest BCUT2D eigenvalue weighted by Crippen LogP contribution is -2.29. The zero-order chi connectivity index (χ0) is 17.7. The van der Waals surface area contributed by atoms with Gasteiger partial charge in [0.1, 0.15) is 0 Å². The Labute approximate surface area is 139 Å². The fourth-order valence-electron chi connectivity index (χ4n) is 1.69. The lowest BCUT2D eigenvalue weighted by molar-refractivity contribution is -0.167. The highest BCUT2D eigenvalue weighted by Gasteiger charge is 2.38. The van der Waals surface area contributed by atoms with Crippen LogP contribution in [0.4, 0.5) is 18.9 Å². The van der Waals surface area contributed by atoms with Gasteiger partial charge in [-0.15, -0.1) is 11.3 Å². The van der Waals surface area contributed by atoms with E-state index >= 15 is 0 Å². The van der Waals surface area contributed by atoms with Gasteiger partial charge in [0.2, 0.25) is 0 Å². The number of benzene rings is 1. The molecular weight excluding hydrogens is 343 g/mol. The lowest BCUT2D eigenvalue weighted by atomic mass is 10.1. The van der Waals surface area contributed by atoms with Crippen LogP contribution in [-0.2, 0) is 4.79 Å². The summed E-state index contributed by atoms with van der Waals surface area (Å²) in [6.07, 6.45) is -4.96. The molecule has 2 N–H and O–H groups in total. The minimum absolute atomic E-state index is 0.0195. The SMILES string of the molecule is C/C(=N\NC(=O)c1cccs1)c1cccc(NC(=O)C(F)(F)F)c1. The van der Waals surface area contributed by atoms with Gasteiger partial charge in [-0.25, -0.2) is 5.43 Å². The van der Waals surface area contributed by atoms with Gasteiger partial charge in [0, 0.05) is 5.69 Å². The van der Waals surface area contributed by atoms with E-state index in [-0.39, 0.29) is 11.6 Å². The number of anilines is 1. The summed E-state index contributed by atoms with van der Waals surface area (Å²) >= 11 is 1.25. The van der Waals surface area contributed by atoms with Crippen molar-refractivity contribution in [3.63, 3.8) is 0 Å². The van der Waals surface area contributed by atoms with Crippen LogP contribution >= 0.6 is 11.3 Å². The van der Waals surface area contributed by atoms with Crippen molar-refractivity contribution in [3.05, 3.63) is 52.2 Å². The standard InChI is InChI=1S/C15H12F3N3O2S/c1-9(20-21-13(22)12-6-3-7-24-12)10-4-2-5-11(8-10)19-14(23)15(16,17)18/h2-8H,1H3,(H,19,23)(H,21,22)/b20-9+. The van der Waals surface area contributed by atoms with Crippen LogP contribution in [0.15, 0.2) is 46.9 Å². The zero-order valence-electron chi connectivity index (χ0n) is 12.3. The normalized spacial score (nSPS) is 11.9. The molecule has 0 aliphatic carbocycles. The first-order valence-electron chi connectivity index (χ1n) is 6.64. The minimum Gasteiger partial charge on any atom is -0.318 e. The van der Waals surface area contributed by atoms with Gasteiger partial charge in [-0.2, -0.15) is 18.3 Å². The summed E-state index contributed by atoms with van der Waals surface area (Å²) in [5.74, 6) is -2.44. The summed E-state index contributed by atoms with van der Waals surface area (Å²) in [6.45, 7) is 1.58. The number of thiophene rings is 1. The summed E-state index contributed by atoms with van der Waals surface area (Å²) in [4.78, 5) is 23.2. The van der Waals surface area contributed by atoms with Crippen molar-refractivity contribution >= 4 is 34.6 Å². The van der Waals surface area contributed by atoms with Crippen molar-refractivity contribution in [2.45, 2.75) is 13.1 Å². The molecule has 1 heterocycles. The van der Waals surface area contributed by atoms with E-state index < -0.39 is 12.1 Å². The van der Waals surface area contributed by atoms with Gasteiger partial charge in [-0.3, -0.25) is 9.59 Å². The number of nitrogens with one attached hydrogen (secondary N) is 2. The first-order chi connectivity index (χ1) is 11.3. The Kier molecular flexibility index (Phi) is 5.35. The van der Waals surface area contributed by atoms with E-state index in [4.69, 9.17) is 0 Å². The Morgan fingerprint density at radius 1 is 1.17 bits per heavy atom. The molecular formula is C15H12F3N3O2S. The smallest absolute Gasteiger partial charge is 0.318 e. The molecule has 0 unspecified atom stereocenters. The van der Waals surface area contributed by atoms with Crippen molar-refractivity contribution in [2.75, 3.05) is 5.32 Å². The highest BCUT2D eigenvalue weighted by atomic mass is 32.1. The molecule has 0 radical (unpaired) electrons. The highest BCUT2D eigenvalue weighted by Crippen LogP contribution is 2.19. The first-order valence-corrected chi connectivity index (χ1v) is 7.52. The number of hydrogen-bond acceptors (Lipinski definition) is 4. The molecule has 0 bridgehead atoms. The Morgan fingerprint density at radius 2 is 1.92 bits per heavy atom. The number of hydrazone groups is 1. The van der Waals surface area contributed by atoms with E-state index in [1.54, 1.807) is 35.8 Å². The molecule has 0 aliphatic rings. The van der Waals surface area contributed by atoms with Crippen LogP contribution in [0.5, 0.6) is 0 Å². The molecule has 0 atom stereocenters. The number of halogens is 3. The summed E-state index contributed by atoms with van der Waals surface area (Å²) in [6, 6.07) is 9.09. The predicted octanol–water partition coefficient (Wildman–Crippen LogP) is 3.40. The van der Waals surface area contributed by atoms with Crippen LogP contribution in [0.2, 0.25) is 0 Å². The fourth-order valence-corrected chi connectivity index (χ4v) is 2.30. The number of alkyl halides is 3.